The summed E-state index contributed by atoms with van der Waals surface area (Å²) in [7, 11) is 0. The molecule has 1 saturated carbocycles. The van der Waals surface area contributed by atoms with Gasteiger partial charge in [0.1, 0.15) is 24.0 Å². The molecule has 0 bridgehead atoms. The first kappa shape index (κ1) is 16.9. The minimum atomic E-state index is -0.288. The van der Waals surface area contributed by atoms with Crippen LogP contribution >= 0.6 is 0 Å². The molecule has 1 nitrogen and oxygen atoms in total. The second-order valence-electron chi connectivity index (χ2n) is 6.76. The Morgan fingerprint density at radius 1 is 0.958 bits per heavy atom. The number of hydrogen-bond donors (Lipinski definition) is 0. The molecular formula is C21H24F2O. The molecule has 0 unspecified atom stereocenters. The summed E-state index contributed by atoms with van der Waals surface area (Å²) in [5, 5.41) is 0. The van der Waals surface area contributed by atoms with Crippen LogP contribution in [0.1, 0.15) is 56.1 Å². The summed E-state index contributed by atoms with van der Waals surface area (Å²) in [6.45, 7) is 2.48. The molecule has 0 N–H and O–H groups in total. The zero-order valence-electron chi connectivity index (χ0n) is 14.1. The van der Waals surface area contributed by atoms with E-state index in [4.69, 9.17) is 4.74 Å². The molecule has 24 heavy (non-hydrogen) atoms. The van der Waals surface area contributed by atoms with Gasteiger partial charge in [-0.25, -0.2) is 8.78 Å². The molecule has 0 aromatic heterocycles. The highest BCUT2D eigenvalue weighted by Crippen LogP contribution is 2.38. The van der Waals surface area contributed by atoms with Gasteiger partial charge in [0.25, 0.3) is 0 Å². The van der Waals surface area contributed by atoms with Crippen LogP contribution in [0.2, 0.25) is 0 Å². The predicted octanol–water partition coefficient (Wildman–Crippen LogP) is 6.23. The molecule has 0 amide bonds. The molecule has 2 aromatic carbocycles. The minimum absolute atomic E-state index is 0.239. The second kappa shape index (κ2) is 7.78. The van der Waals surface area contributed by atoms with E-state index in [-0.39, 0.29) is 18.2 Å². The van der Waals surface area contributed by atoms with Gasteiger partial charge in [-0.15, -0.1) is 0 Å². The first-order valence-electron chi connectivity index (χ1n) is 8.81. The normalized spacial score (nSPS) is 20.8. The van der Waals surface area contributed by atoms with Crippen molar-refractivity contribution in [3.8, 4) is 5.75 Å². The van der Waals surface area contributed by atoms with Crippen LogP contribution in [0.5, 0.6) is 5.75 Å². The second-order valence-corrected chi connectivity index (χ2v) is 6.76. The molecular weight excluding hydrogens is 306 g/mol. The van der Waals surface area contributed by atoms with Crippen LogP contribution in [0.4, 0.5) is 8.78 Å². The highest BCUT2D eigenvalue weighted by Gasteiger charge is 2.22. The zero-order valence-corrected chi connectivity index (χ0v) is 14.1. The van der Waals surface area contributed by atoms with Gasteiger partial charge in [-0.1, -0.05) is 25.5 Å². The Morgan fingerprint density at radius 3 is 2.46 bits per heavy atom. The summed E-state index contributed by atoms with van der Waals surface area (Å²) < 4.78 is 32.9. The van der Waals surface area contributed by atoms with Crippen molar-refractivity contribution in [3.05, 3.63) is 65.2 Å². The van der Waals surface area contributed by atoms with Gasteiger partial charge in [-0.3, -0.25) is 0 Å². The average Bonchev–Trinajstić information content (AvgIpc) is 2.60. The molecule has 3 heteroatoms. The number of ether oxygens (including phenoxy) is 1. The Labute approximate surface area is 142 Å². The quantitative estimate of drug-likeness (QED) is 0.631. The van der Waals surface area contributed by atoms with Gasteiger partial charge < -0.3 is 4.74 Å². The third-order valence-electron chi connectivity index (χ3n) is 5.08. The van der Waals surface area contributed by atoms with Crippen LogP contribution in [-0.4, -0.2) is 0 Å². The summed E-state index contributed by atoms with van der Waals surface area (Å²) in [6.07, 6.45) is 5.91. The molecule has 0 heterocycles. The van der Waals surface area contributed by atoms with Gasteiger partial charge in [-0.2, -0.15) is 0 Å². The van der Waals surface area contributed by atoms with Gasteiger partial charge in [0.2, 0.25) is 0 Å². The van der Waals surface area contributed by atoms with Gasteiger partial charge in [0, 0.05) is 6.07 Å². The fourth-order valence-electron chi connectivity index (χ4n) is 3.60. The first-order valence-corrected chi connectivity index (χ1v) is 8.81. The number of benzene rings is 2. The van der Waals surface area contributed by atoms with Crippen LogP contribution < -0.4 is 4.74 Å². The number of hydrogen-bond acceptors (Lipinski definition) is 1. The van der Waals surface area contributed by atoms with E-state index in [1.807, 2.05) is 6.07 Å². The molecule has 0 spiro atoms. The van der Waals surface area contributed by atoms with Crippen molar-refractivity contribution < 1.29 is 13.5 Å². The standard InChI is InChI=1S/C21H24F2O/c1-2-15-6-8-17(9-7-15)18-11-20(23)13-21(12-18)24-14-16-4-3-5-19(22)10-16/h3-5,10-13,15,17H,2,6-9,14H2,1H3. The number of rotatable bonds is 5. The van der Waals surface area contributed by atoms with E-state index in [0.717, 1.165) is 29.9 Å². The molecule has 0 aliphatic heterocycles. The van der Waals surface area contributed by atoms with Crippen LogP contribution in [0.15, 0.2) is 42.5 Å². The summed E-state index contributed by atoms with van der Waals surface area (Å²) in [4.78, 5) is 0. The largest absolute Gasteiger partial charge is 0.489 e. The molecule has 128 valence electrons. The Hall–Kier alpha value is -1.90. The Kier molecular flexibility index (Phi) is 5.49. The highest BCUT2D eigenvalue weighted by atomic mass is 19.1. The molecule has 1 aliphatic rings. The van der Waals surface area contributed by atoms with Gasteiger partial charge in [-0.05, 0) is 72.9 Å². The SMILES string of the molecule is CCC1CCC(c2cc(F)cc(OCc3cccc(F)c3)c2)CC1. The van der Waals surface area contributed by atoms with E-state index in [9.17, 15) is 8.78 Å². The van der Waals surface area contributed by atoms with Crippen LogP contribution in [0, 0.1) is 17.6 Å². The van der Waals surface area contributed by atoms with Crippen LogP contribution in [0.25, 0.3) is 0 Å². The minimum Gasteiger partial charge on any atom is -0.489 e. The maximum Gasteiger partial charge on any atom is 0.127 e. The van der Waals surface area contributed by atoms with E-state index in [1.165, 1.54) is 37.5 Å². The predicted molar refractivity (Wildman–Crippen MR) is 92.1 cm³/mol. The maximum absolute atomic E-state index is 14.0. The van der Waals surface area contributed by atoms with Crippen LogP contribution in [0.3, 0.4) is 0 Å². The smallest absolute Gasteiger partial charge is 0.127 e. The monoisotopic (exact) mass is 330 g/mol. The van der Waals surface area contributed by atoms with Gasteiger partial charge in [0.05, 0.1) is 0 Å². The summed E-state index contributed by atoms with van der Waals surface area (Å²) in [5.74, 6) is 1.20. The first-order chi connectivity index (χ1) is 11.6. The average molecular weight is 330 g/mol. The molecule has 3 rings (SSSR count). The fraction of sp³-hybridized carbons (Fsp3) is 0.429. The van der Waals surface area contributed by atoms with E-state index in [0.29, 0.717) is 11.7 Å². The highest BCUT2D eigenvalue weighted by molar-refractivity contribution is 5.32. The molecule has 2 aromatic rings. The molecule has 1 fully saturated rings. The van der Waals surface area contributed by atoms with Gasteiger partial charge >= 0.3 is 0 Å². The van der Waals surface area contributed by atoms with Crippen molar-refractivity contribution in [2.24, 2.45) is 5.92 Å². The van der Waals surface area contributed by atoms with Crippen molar-refractivity contribution in [3.63, 3.8) is 0 Å². The zero-order chi connectivity index (χ0) is 16.9. The third kappa shape index (κ3) is 4.34. The van der Waals surface area contributed by atoms with Crippen molar-refractivity contribution in [2.75, 3.05) is 0 Å². The Bertz CT molecular complexity index is 675. The number of halogens is 2. The Morgan fingerprint density at radius 2 is 1.75 bits per heavy atom. The van der Waals surface area contributed by atoms with Gasteiger partial charge in [0.15, 0.2) is 0 Å². The van der Waals surface area contributed by atoms with Crippen molar-refractivity contribution in [2.45, 2.75) is 51.6 Å². The molecule has 0 saturated heterocycles. The topological polar surface area (TPSA) is 9.23 Å². The molecule has 0 radical (unpaired) electrons. The lowest BCUT2D eigenvalue weighted by Gasteiger charge is -2.28. The lowest BCUT2D eigenvalue weighted by Crippen LogP contribution is -2.13. The Balaban J connectivity index is 1.67. The third-order valence-corrected chi connectivity index (χ3v) is 5.08. The summed E-state index contributed by atoms with van der Waals surface area (Å²) >= 11 is 0. The lowest BCUT2D eigenvalue weighted by atomic mass is 9.78. The van der Waals surface area contributed by atoms with Crippen LogP contribution in [-0.2, 0) is 6.61 Å². The van der Waals surface area contributed by atoms with Crippen molar-refractivity contribution in [1.82, 2.24) is 0 Å². The molecule has 1 aliphatic carbocycles. The van der Waals surface area contributed by atoms with E-state index >= 15 is 0 Å². The maximum atomic E-state index is 14.0. The van der Waals surface area contributed by atoms with E-state index in [2.05, 4.69) is 6.92 Å². The molecule has 0 atom stereocenters. The van der Waals surface area contributed by atoms with Crippen molar-refractivity contribution >= 4 is 0 Å². The summed E-state index contributed by atoms with van der Waals surface area (Å²) in [5.41, 5.74) is 1.77. The fourth-order valence-corrected chi connectivity index (χ4v) is 3.60. The summed E-state index contributed by atoms with van der Waals surface area (Å²) in [6, 6.07) is 11.3. The van der Waals surface area contributed by atoms with E-state index in [1.54, 1.807) is 18.2 Å². The lowest BCUT2D eigenvalue weighted by molar-refractivity contribution is 0.299. The van der Waals surface area contributed by atoms with Crippen molar-refractivity contribution in [1.29, 1.82) is 0 Å². The van der Waals surface area contributed by atoms with E-state index < -0.39 is 0 Å².